The Labute approximate surface area is 109 Å². The van der Waals surface area contributed by atoms with Gasteiger partial charge in [0.15, 0.2) is 0 Å². The van der Waals surface area contributed by atoms with Crippen LogP contribution in [0.1, 0.15) is 17.5 Å². The summed E-state index contributed by atoms with van der Waals surface area (Å²) < 4.78 is 1.16. The van der Waals surface area contributed by atoms with Crippen molar-refractivity contribution in [1.29, 1.82) is 0 Å². The van der Waals surface area contributed by atoms with E-state index in [1.54, 1.807) is 36.9 Å². The smallest absolute Gasteiger partial charge is 0.139 e. The van der Waals surface area contributed by atoms with Crippen molar-refractivity contribution in [2.45, 2.75) is 12.5 Å². The summed E-state index contributed by atoms with van der Waals surface area (Å²) in [4.78, 5) is 9.08. The molecule has 18 heavy (non-hydrogen) atoms. The Hall–Kier alpha value is -1.78. The van der Waals surface area contributed by atoms with Gasteiger partial charge in [-0.25, -0.2) is 0 Å². The lowest BCUT2D eigenvalue weighted by atomic mass is 10.0. The van der Waals surface area contributed by atoms with Crippen molar-refractivity contribution < 1.29 is 5.11 Å². The van der Waals surface area contributed by atoms with Crippen molar-refractivity contribution in [3.63, 3.8) is 0 Å². The monoisotopic (exact) mass is 256 g/mol. The first-order chi connectivity index (χ1) is 8.68. The maximum atomic E-state index is 10.7. The molecule has 0 fully saturated rings. The molecule has 4 heteroatoms. The normalized spacial score (nSPS) is 14.6. The minimum atomic E-state index is -1.10. The molecule has 0 bridgehead atoms. The Kier molecular flexibility index (Phi) is 2.61. The highest BCUT2D eigenvalue weighted by Gasteiger charge is 2.29. The van der Waals surface area contributed by atoms with Crippen molar-refractivity contribution in [1.82, 2.24) is 9.97 Å². The lowest BCUT2D eigenvalue weighted by molar-refractivity contribution is 0.101. The molecule has 0 amide bonds. The van der Waals surface area contributed by atoms with Gasteiger partial charge in [-0.3, -0.25) is 9.97 Å². The second kappa shape index (κ2) is 4.15. The van der Waals surface area contributed by atoms with E-state index in [4.69, 9.17) is 0 Å². The highest BCUT2D eigenvalue weighted by atomic mass is 32.1. The average Bonchev–Trinajstić information content (AvgIpc) is 2.84. The highest BCUT2D eigenvalue weighted by molar-refractivity contribution is 7.19. The first-order valence-corrected chi connectivity index (χ1v) is 6.47. The van der Waals surface area contributed by atoms with E-state index in [0.29, 0.717) is 5.69 Å². The van der Waals surface area contributed by atoms with Gasteiger partial charge < -0.3 is 5.11 Å². The molecule has 0 aliphatic carbocycles. The van der Waals surface area contributed by atoms with Crippen LogP contribution < -0.4 is 0 Å². The minimum Gasteiger partial charge on any atom is -0.378 e. The molecule has 1 aromatic carbocycles. The Balaban J connectivity index is 2.13. The van der Waals surface area contributed by atoms with Crippen molar-refractivity contribution in [3.05, 3.63) is 59.5 Å². The summed E-state index contributed by atoms with van der Waals surface area (Å²) >= 11 is 1.58. The summed E-state index contributed by atoms with van der Waals surface area (Å²) in [5, 5.41) is 11.8. The van der Waals surface area contributed by atoms with Crippen molar-refractivity contribution in [2.24, 2.45) is 0 Å². The Morgan fingerprint density at radius 2 is 2.06 bits per heavy atom. The van der Waals surface area contributed by atoms with Gasteiger partial charge in [-0.1, -0.05) is 18.2 Å². The van der Waals surface area contributed by atoms with Crippen LogP contribution in [0.15, 0.2) is 48.9 Å². The standard InChI is InChI=1S/C14H12N2OS/c1-14(17,12-9-15-6-7-16-12)13-8-10-4-2-3-5-11(10)18-13/h2-9,17H,1H3. The summed E-state index contributed by atoms with van der Waals surface area (Å²) in [6.07, 6.45) is 4.80. The fourth-order valence-corrected chi connectivity index (χ4v) is 3.02. The predicted octanol–water partition coefficient (Wildman–Crippen LogP) is 2.95. The average molecular weight is 256 g/mol. The number of aliphatic hydroxyl groups is 1. The summed E-state index contributed by atoms with van der Waals surface area (Å²) in [6, 6.07) is 10.1. The van der Waals surface area contributed by atoms with Crippen molar-refractivity contribution in [3.8, 4) is 0 Å². The van der Waals surface area contributed by atoms with Gasteiger partial charge in [0.1, 0.15) is 5.60 Å². The van der Waals surface area contributed by atoms with E-state index in [2.05, 4.69) is 16.0 Å². The number of rotatable bonds is 2. The van der Waals surface area contributed by atoms with Crippen LogP contribution in [0.2, 0.25) is 0 Å². The quantitative estimate of drug-likeness (QED) is 0.766. The third kappa shape index (κ3) is 1.79. The van der Waals surface area contributed by atoms with E-state index in [-0.39, 0.29) is 0 Å². The molecule has 3 aromatic rings. The minimum absolute atomic E-state index is 0.566. The van der Waals surface area contributed by atoms with Crippen LogP contribution in [0.4, 0.5) is 0 Å². The van der Waals surface area contributed by atoms with Gasteiger partial charge in [0.2, 0.25) is 0 Å². The van der Waals surface area contributed by atoms with E-state index in [1.165, 1.54) is 0 Å². The van der Waals surface area contributed by atoms with Crippen molar-refractivity contribution >= 4 is 21.4 Å². The van der Waals surface area contributed by atoms with Gasteiger partial charge in [0.25, 0.3) is 0 Å². The lowest BCUT2D eigenvalue weighted by Gasteiger charge is -2.20. The van der Waals surface area contributed by atoms with Gasteiger partial charge in [-0.15, -0.1) is 11.3 Å². The molecular weight excluding hydrogens is 244 g/mol. The molecule has 2 heterocycles. The molecule has 3 nitrogen and oxygen atoms in total. The third-order valence-electron chi connectivity index (χ3n) is 2.97. The zero-order valence-corrected chi connectivity index (χ0v) is 10.7. The molecule has 0 aliphatic rings. The van der Waals surface area contributed by atoms with Gasteiger partial charge in [0.05, 0.1) is 11.9 Å². The Morgan fingerprint density at radius 1 is 1.22 bits per heavy atom. The van der Waals surface area contributed by atoms with E-state index in [9.17, 15) is 5.11 Å². The lowest BCUT2D eigenvalue weighted by Crippen LogP contribution is -2.22. The summed E-state index contributed by atoms with van der Waals surface area (Å²) in [7, 11) is 0. The van der Waals surface area contributed by atoms with Crippen LogP contribution in [0, 0.1) is 0 Å². The number of thiophene rings is 1. The first-order valence-electron chi connectivity index (χ1n) is 5.66. The van der Waals surface area contributed by atoms with Gasteiger partial charge in [-0.2, -0.15) is 0 Å². The SMILES string of the molecule is CC(O)(c1cnccn1)c1cc2ccccc2s1. The maximum absolute atomic E-state index is 10.7. The van der Waals surface area contributed by atoms with Crippen LogP contribution in [-0.4, -0.2) is 15.1 Å². The van der Waals surface area contributed by atoms with E-state index in [0.717, 1.165) is 15.0 Å². The highest BCUT2D eigenvalue weighted by Crippen LogP contribution is 2.36. The number of fused-ring (bicyclic) bond motifs is 1. The second-order valence-electron chi connectivity index (χ2n) is 4.31. The molecule has 0 aliphatic heterocycles. The molecule has 0 saturated carbocycles. The molecular formula is C14H12N2OS. The summed E-state index contributed by atoms with van der Waals surface area (Å²) in [6.45, 7) is 1.75. The number of benzene rings is 1. The van der Waals surface area contributed by atoms with E-state index < -0.39 is 5.60 Å². The fraction of sp³-hybridized carbons (Fsp3) is 0.143. The molecule has 1 N–H and O–H groups in total. The molecule has 90 valence electrons. The van der Waals surface area contributed by atoms with Crippen molar-refractivity contribution in [2.75, 3.05) is 0 Å². The zero-order valence-electron chi connectivity index (χ0n) is 9.87. The molecule has 0 spiro atoms. The van der Waals surface area contributed by atoms with Crippen LogP contribution >= 0.6 is 11.3 Å². The van der Waals surface area contributed by atoms with Crippen LogP contribution in [0.25, 0.3) is 10.1 Å². The number of hydrogen-bond acceptors (Lipinski definition) is 4. The van der Waals surface area contributed by atoms with Gasteiger partial charge in [-0.05, 0) is 24.4 Å². The fourth-order valence-electron chi connectivity index (χ4n) is 1.90. The third-order valence-corrected chi connectivity index (χ3v) is 4.29. The largest absolute Gasteiger partial charge is 0.378 e. The Morgan fingerprint density at radius 3 is 2.78 bits per heavy atom. The van der Waals surface area contributed by atoms with E-state index in [1.807, 2.05) is 24.3 Å². The molecule has 2 aromatic heterocycles. The predicted molar refractivity (Wildman–Crippen MR) is 72.5 cm³/mol. The second-order valence-corrected chi connectivity index (χ2v) is 5.40. The number of aromatic nitrogens is 2. The summed E-state index contributed by atoms with van der Waals surface area (Å²) in [5.74, 6) is 0. The Bertz CT molecular complexity index is 643. The summed E-state index contributed by atoms with van der Waals surface area (Å²) in [5.41, 5.74) is -0.533. The zero-order chi connectivity index (χ0) is 12.6. The van der Waals surface area contributed by atoms with Crippen LogP contribution in [-0.2, 0) is 5.60 Å². The number of hydrogen-bond donors (Lipinski definition) is 1. The topological polar surface area (TPSA) is 46.0 Å². The maximum Gasteiger partial charge on any atom is 0.139 e. The molecule has 1 atom stereocenters. The van der Waals surface area contributed by atoms with Crippen LogP contribution in [0.3, 0.4) is 0 Å². The van der Waals surface area contributed by atoms with Gasteiger partial charge in [0, 0.05) is 22.0 Å². The molecule has 0 radical (unpaired) electrons. The molecule has 1 unspecified atom stereocenters. The number of nitrogens with zero attached hydrogens (tertiary/aromatic N) is 2. The van der Waals surface area contributed by atoms with Gasteiger partial charge >= 0.3 is 0 Å². The molecule has 3 rings (SSSR count). The van der Waals surface area contributed by atoms with E-state index >= 15 is 0 Å². The van der Waals surface area contributed by atoms with Crippen LogP contribution in [0.5, 0.6) is 0 Å². The molecule has 0 saturated heterocycles. The first kappa shape index (κ1) is 11.3.